The van der Waals surface area contributed by atoms with E-state index in [9.17, 15) is 23.1 Å². The van der Waals surface area contributed by atoms with Gasteiger partial charge in [0.25, 0.3) is 0 Å². The molecule has 0 bridgehead atoms. The van der Waals surface area contributed by atoms with Crippen LogP contribution in [0.25, 0.3) is 0 Å². The van der Waals surface area contributed by atoms with Gasteiger partial charge in [0.15, 0.2) is 0 Å². The van der Waals surface area contributed by atoms with Crippen molar-refractivity contribution in [3.63, 3.8) is 0 Å². The number of nitrogens with one attached hydrogen (secondary N) is 1. The Morgan fingerprint density at radius 2 is 1.85 bits per heavy atom. The Bertz CT molecular complexity index is 618. The van der Waals surface area contributed by atoms with Gasteiger partial charge in [-0.3, -0.25) is 14.6 Å². The number of halogens is 3. The highest BCUT2D eigenvalue weighted by molar-refractivity contribution is 5.82. The Hall–Kier alpha value is -1.64. The summed E-state index contributed by atoms with van der Waals surface area (Å²) in [4.78, 5) is 16.5. The molecular weight excluding hydrogens is 359 g/mol. The van der Waals surface area contributed by atoms with Gasteiger partial charge in [-0.25, -0.2) is 0 Å². The summed E-state index contributed by atoms with van der Waals surface area (Å²) in [6.45, 7) is 1.60. The van der Waals surface area contributed by atoms with Crippen LogP contribution in [0, 0.1) is 0 Å². The second kappa shape index (κ2) is 8.58. The van der Waals surface area contributed by atoms with Crippen molar-refractivity contribution in [2.75, 3.05) is 26.2 Å². The number of carbonyl (C=O) groups is 1. The van der Waals surface area contributed by atoms with E-state index in [1.54, 1.807) is 0 Å². The first kappa shape index (κ1) is 20.1. The minimum Gasteiger partial charge on any atom is -0.392 e. The highest BCUT2D eigenvalue weighted by Crippen LogP contribution is 2.27. The van der Waals surface area contributed by atoms with Gasteiger partial charge in [0.1, 0.15) is 6.54 Å². The van der Waals surface area contributed by atoms with Gasteiger partial charge in [-0.2, -0.15) is 13.2 Å². The molecule has 0 unspecified atom stereocenters. The highest BCUT2D eigenvalue weighted by Gasteiger charge is 2.41. The van der Waals surface area contributed by atoms with Crippen LogP contribution < -0.4 is 5.32 Å². The third-order valence-corrected chi connectivity index (χ3v) is 5.36. The Labute approximate surface area is 157 Å². The van der Waals surface area contributed by atoms with Gasteiger partial charge < -0.3 is 10.4 Å². The van der Waals surface area contributed by atoms with Gasteiger partial charge in [0, 0.05) is 19.1 Å². The maximum Gasteiger partial charge on any atom is 0.405 e. The van der Waals surface area contributed by atoms with Crippen molar-refractivity contribution < 1.29 is 23.1 Å². The van der Waals surface area contributed by atoms with Crippen LogP contribution in [0.5, 0.6) is 0 Å². The molecule has 2 fully saturated rings. The summed E-state index contributed by atoms with van der Waals surface area (Å²) in [5.74, 6) is -0.643. The van der Waals surface area contributed by atoms with Crippen molar-refractivity contribution in [1.82, 2.24) is 15.1 Å². The zero-order valence-corrected chi connectivity index (χ0v) is 15.2. The molecule has 0 radical (unpaired) electrons. The molecule has 2 atom stereocenters. The fourth-order valence-corrected chi connectivity index (χ4v) is 4.06. The van der Waals surface area contributed by atoms with E-state index in [-0.39, 0.29) is 12.5 Å². The Morgan fingerprint density at radius 1 is 1.19 bits per heavy atom. The predicted octanol–water partition coefficient (Wildman–Crippen LogP) is 1.76. The van der Waals surface area contributed by atoms with Crippen LogP contribution >= 0.6 is 0 Å². The molecule has 0 aliphatic carbocycles. The molecule has 2 aliphatic rings. The van der Waals surface area contributed by atoms with Gasteiger partial charge >= 0.3 is 6.18 Å². The molecule has 2 N–H and O–H groups in total. The number of hydrogen-bond donors (Lipinski definition) is 2. The normalized spacial score (nSPS) is 25.6. The van der Waals surface area contributed by atoms with Crippen LogP contribution in [0.15, 0.2) is 30.3 Å². The van der Waals surface area contributed by atoms with E-state index < -0.39 is 30.8 Å². The van der Waals surface area contributed by atoms with Crippen LogP contribution in [0.2, 0.25) is 0 Å². The summed E-state index contributed by atoms with van der Waals surface area (Å²) >= 11 is 0. The molecule has 2 saturated heterocycles. The number of nitrogens with zero attached hydrogens (tertiary/aromatic N) is 2. The number of alkyl halides is 3. The van der Waals surface area contributed by atoms with Crippen molar-refractivity contribution in [2.45, 2.75) is 50.2 Å². The van der Waals surface area contributed by atoms with E-state index in [0.717, 1.165) is 32.5 Å². The van der Waals surface area contributed by atoms with Crippen molar-refractivity contribution in [1.29, 1.82) is 0 Å². The largest absolute Gasteiger partial charge is 0.405 e. The summed E-state index contributed by atoms with van der Waals surface area (Å²) in [7, 11) is 0. The fraction of sp³-hybridized carbons (Fsp3) is 0.632. The van der Waals surface area contributed by atoms with Crippen LogP contribution in [0.1, 0.15) is 24.8 Å². The number of benzene rings is 1. The van der Waals surface area contributed by atoms with Crippen LogP contribution in [-0.4, -0.2) is 71.4 Å². The number of amides is 1. The first-order valence-electron chi connectivity index (χ1n) is 9.36. The van der Waals surface area contributed by atoms with Gasteiger partial charge in [-0.15, -0.1) is 0 Å². The monoisotopic (exact) mass is 385 g/mol. The molecule has 1 amide bonds. The Kier molecular flexibility index (Phi) is 6.39. The zero-order valence-electron chi connectivity index (χ0n) is 15.2. The molecule has 0 spiro atoms. The molecule has 0 aromatic heterocycles. The van der Waals surface area contributed by atoms with E-state index >= 15 is 0 Å². The molecule has 0 saturated carbocycles. The van der Waals surface area contributed by atoms with Crippen molar-refractivity contribution in [3.8, 4) is 0 Å². The van der Waals surface area contributed by atoms with E-state index in [0.29, 0.717) is 6.54 Å². The number of carbonyl (C=O) groups excluding carboxylic acids is 1. The molecule has 2 aliphatic heterocycles. The van der Waals surface area contributed by atoms with Crippen LogP contribution in [0.3, 0.4) is 0 Å². The zero-order chi connectivity index (χ0) is 19.4. The smallest absolute Gasteiger partial charge is 0.392 e. The predicted molar refractivity (Wildman–Crippen MR) is 94.9 cm³/mol. The van der Waals surface area contributed by atoms with Crippen molar-refractivity contribution in [3.05, 3.63) is 35.9 Å². The third kappa shape index (κ3) is 5.67. The lowest BCUT2D eigenvalue weighted by molar-refractivity contribution is -0.141. The van der Waals surface area contributed by atoms with E-state index in [1.807, 2.05) is 28.4 Å². The molecule has 8 heteroatoms. The van der Waals surface area contributed by atoms with Gasteiger partial charge in [0.05, 0.1) is 12.1 Å². The number of β-amino-alcohol motifs (C(OH)–C–C–N with tert-alkyl or cyclic N) is 1. The lowest BCUT2D eigenvalue weighted by atomic mass is 10.0. The molecule has 1 aromatic rings. The molecule has 5 nitrogen and oxygen atoms in total. The summed E-state index contributed by atoms with van der Waals surface area (Å²) in [5.41, 5.74) is 1.25. The molecule has 3 rings (SSSR count). The van der Waals surface area contributed by atoms with Gasteiger partial charge in [0.2, 0.25) is 5.91 Å². The highest BCUT2D eigenvalue weighted by atomic mass is 19.4. The Balaban J connectivity index is 1.53. The first-order chi connectivity index (χ1) is 12.8. The van der Waals surface area contributed by atoms with E-state index in [4.69, 9.17) is 0 Å². The second-order valence-electron chi connectivity index (χ2n) is 7.43. The number of hydrogen-bond acceptors (Lipinski definition) is 4. The topological polar surface area (TPSA) is 55.8 Å². The SMILES string of the molecule is O=C(NCC(F)(F)F)[C@@H]1C[C@@H](O)CN1C1CCN(Cc2ccccc2)CC1. The second-order valence-corrected chi connectivity index (χ2v) is 7.43. The molecule has 150 valence electrons. The summed E-state index contributed by atoms with van der Waals surface area (Å²) in [6.07, 6.45) is -3.24. The fourth-order valence-electron chi connectivity index (χ4n) is 4.06. The maximum absolute atomic E-state index is 12.4. The summed E-state index contributed by atoms with van der Waals surface area (Å²) < 4.78 is 37.1. The Morgan fingerprint density at radius 3 is 2.48 bits per heavy atom. The van der Waals surface area contributed by atoms with E-state index in [1.165, 1.54) is 5.56 Å². The van der Waals surface area contributed by atoms with Gasteiger partial charge in [-0.05, 0) is 37.9 Å². The lowest BCUT2D eigenvalue weighted by Gasteiger charge is -2.39. The number of piperidine rings is 1. The van der Waals surface area contributed by atoms with Crippen molar-refractivity contribution >= 4 is 5.91 Å². The lowest BCUT2D eigenvalue weighted by Crippen LogP contribution is -2.52. The molecule has 2 heterocycles. The number of aliphatic hydroxyl groups is 1. The average Bonchev–Trinajstić information content (AvgIpc) is 3.02. The van der Waals surface area contributed by atoms with Crippen LogP contribution in [-0.2, 0) is 11.3 Å². The maximum atomic E-state index is 12.4. The standard InChI is InChI=1S/C19H26F3N3O2/c20-19(21,22)13-23-18(27)17-10-16(26)12-25(17)15-6-8-24(9-7-15)11-14-4-2-1-3-5-14/h1-5,15-17,26H,6-13H2,(H,23,27)/t16-,17+/m1/s1. The molecule has 27 heavy (non-hydrogen) atoms. The van der Waals surface area contributed by atoms with Crippen molar-refractivity contribution in [2.24, 2.45) is 0 Å². The third-order valence-electron chi connectivity index (χ3n) is 5.36. The number of rotatable bonds is 5. The van der Waals surface area contributed by atoms with Crippen LogP contribution in [0.4, 0.5) is 13.2 Å². The first-order valence-corrected chi connectivity index (χ1v) is 9.36. The average molecular weight is 385 g/mol. The molecule has 1 aromatic carbocycles. The number of aliphatic hydroxyl groups excluding tert-OH is 1. The minimum absolute atomic E-state index is 0.107. The van der Waals surface area contributed by atoms with Gasteiger partial charge in [-0.1, -0.05) is 30.3 Å². The quantitative estimate of drug-likeness (QED) is 0.811. The summed E-state index contributed by atoms with van der Waals surface area (Å²) in [6, 6.07) is 9.60. The van der Waals surface area contributed by atoms with E-state index in [2.05, 4.69) is 17.0 Å². The number of likely N-dealkylation sites (tertiary alicyclic amines) is 2. The molecular formula is C19H26F3N3O2. The summed E-state index contributed by atoms with van der Waals surface area (Å²) in [5, 5.41) is 11.9. The minimum atomic E-state index is -4.43.